The molecule has 0 radical (unpaired) electrons. The van der Waals surface area contributed by atoms with Crippen molar-refractivity contribution in [1.29, 1.82) is 0 Å². The van der Waals surface area contributed by atoms with Gasteiger partial charge in [0.05, 0.1) is 20.5 Å². The molecule has 0 aliphatic heterocycles. The summed E-state index contributed by atoms with van der Waals surface area (Å²) >= 11 is 7.31. The predicted octanol–water partition coefficient (Wildman–Crippen LogP) is 4.65. The summed E-state index contributed by atoms with van der Waals surface area (Å²) in [4.78, 5) is 38.9. The summed E-state index contributed by atoms with van der Waals surface area (Å²) < 4.78 is 0. The van der Waals surface area contributed by atoms with Gasteiger partial charge in [0.1, 0.15) is 0 Å². The summed E-state index contributed by atoms with van der Waals surface area (Å²) in [6.45, 7) is 7.28. The van der Waals surface area contributed by atoms with Crippen LogP contribution in [-0.4, -0.2) is 36.7 Å². The molecule has 0 atom stereocenters. The van der Waals surface area contributed by atoms with E-state index in [4.69, 9.17) is 11.6 Å². The van der Waals surface area contributed by atoms with E-state index in [-0.39, 0.29) is 17.7 Å². The van der Waals surface area contributed by atoms with Crippen molar-refractivity contribution in [1.82, 2.24) is 4.90 Å². The second kappa shape index (κ2) is 8.32. The lowest BCUT2D eigenvalue weighted by Crippen LogP contribution is -2.27. The average Bonchev–Trinajstić information content (AvgIpc) is 2.95. The van der Waals surface area contributed by atoms with E-state index in [9.17, 15) is 14.4 Å². The van der Waals surface area contributed by atoms with Gasteiger partial charge in [-0.05, 0) is 36.8 Å². The molecule has 8 heteroatoms. The molecule has 2 N–H and O–H groups in total. The molecule has 0 spiro atoms. The van der Waals surface area contributed by atoms with Gasteiger partial charge in [0.25, 0.3) is 11.8 Å². The third-order valence-electron chi connectivity index (χ3n) is 3.90. The Hall–Kier alpha value is -2.38. The lowest BCUT2D eigenvalue weighted by molar-refractivity contribution is -0.123. The zero-order chi connectivity index (χ0) is 21.2. The summed E-state index contributed by atoms with van der Waals surface area (Å²) in [6, 6.07) is 6.53. The first-order valence-electron chi connectivity index (χ1n) is 8.64. The van der Waals surface area contributed by atoms with Gasteiger partial charge in [0.2, 0.25) is 5.91 Å². The van der Waals surface area contributed by atoms with E-state index in [1.54, 1.807) is 45.3 Å². The van der Waals surface area contributed by atoms with Crippen LogP contribution < -0.4 is 10.6 Å². The molecular formula is C20H24ClN3O3S. The molecule has 6 nitrogen and oxygen atoms in total. The molecule has 3 amide bonds. The number of benzene rings is 1. The minimum absolute atomic E-state index is 0.120. The largest absolute Gasteiger partial charge is 0.345 e. The van der Waals surface area contributed by atoms with E-state index in [1.807, 2.05) is 20.8 Å². The monoisotopic (exact) mass is 421 g/mol. The van der Waals surface area contributed by atoms with E-state index < -0.39 is 5.41 Å². The number of carbonyl (C=O) groups excluding carboxylic acids is 3. The molecule has 1 aromatic carbocycles. The van der Waals surface area contributed by atoms with Crippen molar-refractivity contribution in [3.05, 3.63) is 45.3 Å². The lowest BCUT2D eigenvalue weighted by Gasteiger charge is -2.16. The minimum Gasteiger partial charge on any atom is -0.345 e. The highest BCUT2D eigenvalue weighted by atomic mass is 35.5. The van der Waals surface area contributed by atoms with Crippen LogP contribution in [0.15, 0.2) is 24.3 Å². The fraction of sp³-hybridized carbons (Fsp3) is 0.350. The van der Waals surface area contributed by atoms with Gasteiger partial charge in [-0.3, -0.25) is 14.4 Å². The smallest absolute Gasteiger partial charge is 0.266 e. The predicted molar refractivity (Wildman–Crippen MR) is 115 cm³/mol. The Labute approximate surface area is 173 Å². The molecule has 0 aliphatic rings. The van der Waals surface area contributed by atoms with Gasteiger partial charge in [-0.2, -0.15) is 0 Å². The highest BCUT2D eigenvalue weighted by molar-refractivity contribution is 7.18. The van der Waals surface area contributed by atoms with Gasteiger partial charge in [-0.15, -0.1) is 11.3 Å². The van der Waals surface area contributed by atoms with Crippen LogP contribution in [0.2, 0.25) is 5.02 Å². The maximum atomic E-state index is 12.7. The molecule has 1 aromatic heterocycles. The molecule has 150 valence electrons. The molecular weight excluding hydrogens is 398 g/mol. The van der Waals surface area contributed by atoms with Gasteiger partial charge >= 0.3 is 0 Å². The van der Waals surface area contributed by atoms with Crippen molar-refractivity contribution < 1.29 is 14.4 Å². The summed E-state index contributed by atoms with van der Waals surface area (Å²) in [5, 5.41) is 6.55. The molecule has 0 bridgehead atoms. The fourth-order valence-electron chi connectivity index (χ4n) is 2.26. The Balaban J connectivity index is 2.21. The Bertz CT molecular complexity index is 929. The summed E-state index contributed by atoms with van der Waals surface area (Å²) in [6.07, 6.45) is 0. The van der Waals surface area contributed by atoms with Crippen molar-refractivity contribution in [2.45, 2.75) is 27.7 Å². The van der Waals surface area contributed by atoms with Crippen LogP contribution in [0.4, 0.5) is 10.7 Å². The van der Waals surface area contributed by atoms with Crippen molar-refractivity contribution in [3.63, 3.8) is 0 Å². The molecule has 0 saturated heterocycles. The summed E-state index contributed by atoms with van der Waals surface area (Å²) in [5.74, 6) is -0.685. The molecule has 1 heterocycles. The number of nitrogens with one attached hydrogen (secondary N) is 2. The SMILES string of the molecule is Cc1cc(NC(=O)C(C)(C)C)sc1C(=O)Nc1ccc(Cl)c(C(=O)N(C)C)c1. The van der Waals surface area contributed by atoms with Gasteiger partial charge in [-0.1, -0.05) is 32.4 Å². The van der Waals surface area contributed by atoms with E-state index in [2.05, 4.69) is 10.6 Å². The van der Waals surface area contributed by atoms with Crippen molar-refractivity contribution in [2.75, 3.05) is 24.7 Å². The topological polar surface area (TPSA) is 78.5 Å². The molecule has 0 unspecified atom stereocenters. The number of thiophene rings is 1. The molecule has 28 heavy (non-hydrogen) atoms. The third kappa shape index (κ3) is 5.11. The fourth-order valence-corrected chi connectivity index (χ4v) is 3.43. The number of aryl methyl sites for hydroxylation is 1. The van der Waals surface area contributed by atoms with Crippen LogP contribution in [-0.2, 0) is 4.79 Å². The van der Waals surface area contributed by atoms with E-state index in [1.165, 1.54) is 16.2 Å². The van der Waals surface area contributed by atoms with Crippen molar-refractivity contribution >= 4 is 51.3 Å². The number of nitrogens with zero attached hydrogens (tertiary/aromatic N) is 1. The number of hydrogen-bond donors (Lipinski definition) is 2. The maximum Gasteiger partial charge on any atom is 0.266 e. The van der Waals surface area contributed by atoms with Crippen molar-refractivity contribution in [3.8, 4) is 0 Å². The van der Waals surface area contributed by atoms with E-state index in [0.717, 1.165) is 5.56 Å². The summed E-state index contributed by atoms with van der Waals surface area (Å²) in [7, 11) is 3.26. The van der Waals surface area contributed by atoms with E-state index >= 15 is 0 Å². The second-order valence-electron chi connectivity index (χ2n) is 7.68. The zero-order valence-electron chi connectivity index (χ0n) is 16.8. The molecule has 0 saturated carbocycles. The maximum absolute atomic E-state index is 12.7. The van der Waals surface area contributed by atoms with Crippen LogP contribution in [0, 0.1) is 12.3 Å². The minimum atomic E-state index is -0.529. The molecule has 2 aromatic rings. The van der Waals surface area contributed by atoms with Gasteiger partial charge < -0.3 is 15.5 Å². The highest BCUT2D eigenvalue weighted by Crippen LogP contribution is 2.29. The van der Waals surface area contributed by atoms with Gasteiger partial charge in [0, 0.05) is 25.2 Å². The van der Waals surface area contributed by atoms with E-state index in [0.29, 0.717) is 26.2 Å². The Morgan fingerprint density at radius 1 is 1.07 bits per heavy atom. The van der Waals surface area contributed by atoms with Gasteiger partial charge in [-0.25, -0.2) is 0 Å². The Morgan fingerprint density at radius 3 is 2.29 bits per heavy atom. The summed E-state index contributed by atoms with van der Waals surface area (Å²) in [5.41, 5.74) is 1.00. The van der Waals surface area contributed by atoms with Crippen molar-refractivity contribution in [2.24, 2.45) is 5.41 Å². The average molecular weight is 422 g/mol. The highest BCUT2D eigenvalue weighted by Gasteiger charge is 2.23. The number of carbonyl (C=O) groups is 3. The number of halogens is 1. The quantitative estimate of drug-likeness (QED) is 0.754. The first kappa shape index (κ1) is 21.9. The molecule has 0 aliphatic carbocycles. The van der Waals surface area contributed by atoms with Gasteiger partial charge in [0.15, 0.2) is 0 Å². The lowest BCUT2D eigenvalue weighted by atomic mass is 9.96. The second-order valence-corrected chi connectivity index (χ2v) is 9.13. The first-order chi connectivity index (χ1) is 12.9. The molecule has 0 fully saturated rings. The normalized spacial score (nSPS) is 11.1. The first-order valence-corrected chi connectivity index (χ1v) is 9.84. The van der Waals surface area contributed by atoms with Crippen LogP contribution in [0.1, 0.15) is 46.4 Å². The number of hydrogen-bond acceptors (Lipinski definition) is 4. The van der Waals surface area contributed by atoms with Crippen LogP contribution in [0.5, 0.6) is 0 Å². The van der Waals surface area contributed by atoms with Crippen LogP contribution in [0.25, 0.3) is 0 Å². The van der Waals surface area contributed by atoms with Crippen LogP contribution >= 0.6 is 22.9 Å². The third-order valence-corrected chi connectivity index (χ3v) is 5.38. The van der Waals surface area contributed by atoms with Crippen LogP contribution in [0.3, 0.4) is 0 Å². The standard InChI is InChI=1S/C20H24ClN3O3S/c1-11-9-15(23-19(27)20(2,3)4)28-16(11)17(25)22-12-7-8-14(21)13(10-12)18(26)24(5)6/h7-10H,1-6H3,(H,22,25)(H,23,27). The number of rotatable bonds is 4. The zero-order valence-corrected chi connectivity index (χ0v) is 18.3. The number of anilines is 2. The Morgan fingerprint density at radius 2 is 1.71 bits per heavy atom. The Kier molecular flexibility index (Phi) is 6.52. The number of amides is 3. The molecule has 2 rings (SSSR count).